The Labute approximate surface area is 220 Å². The first-order valence-electron chi connectivity index (χ1n) is 12.4. The highest BCUT2D eigenvalue weighted by Gasteiger charge is 2.15. The number of para-hydroxylation sites is 1. The quantitative estimate of drug-likeness (QED) is 0.262. The molecule has 0 bridgehead atoms. The molecule has 1 aliphatic heterocycles. The van der Waals surface area contributed by atoms with Gasteiger partial charge in [-0.1, -0.05) is 36.4 Å². The number of hydrogen-bond donors (Lipinski definition) is 4. The summed E-state index contributed by atoms with van der Waals surface area (Å²) in [5.74, 6) is 1.15. The number of ether oxygens (including phenoxy) is 1. The molecule has 38 heavy (non-hydrogen) atoms. The number of carbonyl (C=O) groups excluding carboxylic acids is 1. The van der Waals surface area contributed by atoms with Crippen molar-refractivity contribution in [2.24, 2.45) is 5.73 Å². The number of benzene rings is 3. The highest BCUT2D eigenvalue weighted by molar-refractivity contribution is 6.08. The number of nitrogens with zero attached hydrogens (tertiary/aromatic N) is 3. The molecule has 0 saturated carbocycles. The summed E-state index contributed by atoms with van der Waals surface area (Å²) in [7, 11) is 0. The smallest absolute Gasteiger partial charge is 0.238 e. The lowest BCUT2D eigenvalue weighted by Gasteiger charge is -2.25. The van der Waals surface area contributed by atoms with Crippen LogP contribution in [0.3, 0.4) is 0 Å². The number of nitrogens with one attached hydrogen (secondary N) is 3. The van der Waals surface area contributed by atoms with E-state index >= 15 is 0 Å². The zero-order valence-electron chi connectivity index (χ0n) is 20.9. The molecule has 5 rings (SSSR count). The number of aromatic nitrogens is 2. The lowest BCUT2D eigenvalue weighted by molar-refractivity contribution is -0.118. The third kappa shape index (κ3) is 5.86. The highest BCUT2D eigenvalue weighted by atomic mass is 16.5. The number of morpholine rings is 1. The van der Waals surface area contributed by atoms with E-state index in [0.29, 0.717) is 42.7 Å². The van der Waals surface area contributed by atoms with Crippen LogP contribution in [0.1, 0.15) is 5.56 Å². The van der Waals surface area contributed by atoms with Crippen molar-refractivity contribution in [1.82, 2.24) is 14.9 Å². The van der Waals surface area contributed by atoms with Crippen molar-refractivity contribution in [2.45, 2.75) is 0 Å². The Balaban J connectivity index is 1.40. The van der Waals surface area contributed by atoms with Gasteiger partial charge in [0.1, 0.15) is 5.82 Å². The van der Waals surface area contributed by atoms with Crippen LogP contribution in [0.4, 0.5) is 17.2 Å². The van der Waals surface area contributed by atoms with Crippen molar-refractivity contribution in [2.75, 3.05) is 43.5 Å². The van der Waals surface area contributed by atoms with Gasteiger partial charge in [-0.3, -0.25) is 9.69 Å². The zero-order chi connectivity index (χ0) is 26.3. The molecule has 3 aromatic carbocycles. The van der Waals surface area contributed by atoms with Crippen molar-refractivity contribution in [1.29, 1.82) is 5.41 Å². The standard InChI is InChI=1S/C29H29N7O2/c30-17-22(18-31)20-8-10-23(11-9-20)33-29-25-6-1-2-7-26(25)34-28(35-29)21-4-3-5-24(16-21)32-27(37)19-36-12-14-38-15-13-36/h1-11,16-18,30H,12-15,19,31H2,(H,32,37)(H,33,34,35)/b22-18+,30-17?. The van der Waals surface area contributed by atoms with Crippen LogP contribution in [0, 0.1) is 5.41 Å². The molecule has 1 aromatic heterocycles. The molecule has 0 unspecified atom stereocenters. The van der Waals surface area contributed by atoms with E-state index in [1.54, 1.807) is 0 Å². The van der Waals surface area contributed by atoms with Crippen molar-refractivity contribution >= 4 is 45.8 Å². The van der Waals surface area contributed by atoms with Gasteiger partial charge in [0.25, 0.3) is 0 Å². The normalized spacial score (nSPS) is 14.3. The van der Waals surface area contributed by atoms with Gasteiger partial charge < -0.3 is 26.5 Å². The largest absolute Gasteiger partial charge is 0.404 e. The van der Waals surface area contributed by atoms with Crippen LogP contribution in [0.25, 0.3) is 27.9 Å². The van der Waals surface area contributed by atoms with Crippen LogP contribution in [-0.4, -0.2) is 59.8 Å². The summed E-state index contributed by atoms with van der Waals surface area (Å²) in [5, 5.41) is 14.8. The molecule has 4 aromatic rings. The molecule has 0 spiro atoms. The molecule has 0 radical (unpaired) electrons. The monoisotopic (exact) mass is 507 g/mol. The SMILES string of the molecule is N=C/C(=C\N)c1ccc(Nc2nc(-c3cccc(NC(=O)CN4CCOCC4)c3)nc3ccccc23)cc1. The molecule has 9 heteroatoms. The number of fused-ring (bicyclic) bond motifs is 1. The second-order valence-corrected chi connectivity index (χ2v) is 8.90. The van der Waals surface area contributed by atoms with Crippen LogP contribution in [-0.2, 0) is 9.53 Å². The summed E-state index contributed by atoms with van der Waals surface area (Å²) < 4.78 is 5.36. The van der Waals surface area contributed by atoms with E-state index in [4.69, 9.17) is 25.8 Å². The van der Waals surface area contributed by atoms with E-state index < -0.39 is 0 Å². The van der Waals surface area contributed by atoms with E-state index in [9.17, 15) is 4.79 Å². The fourth-order valence-corrected chi connectivity index (χ4v) is 4.31. The first-order chi connectivity index (χ1) is 18.6. The van der Waals surface area contributed by atoms with Crippen molar-refractivity contribution in [3.8, 4) is 11.4 Å². The minimum Gasteiger partial charge on any atom is -0.404 e. The molecule has 0 aliphatic carbocycles. The van der Waals surface area contributed by atoms with Gasteiger partial charge in [0.2, 0.25) is 5.91 Å². The number of amides is 1. The van der Waals surface area contributed by atoms with Crippen LogP contribution in [0.15, 0.2) is 79.0 Å². The Bertz CT molecular complexity index is 1480. The van der Waals surface area contributed by atoms with Gasteiger partial charge in [-0.2, -0.15) is 0 Å². The van der Waals surface area contributed by atoms with Crippen molar-refractivity contribution in [3.63, 3.8) is 0 Å². The Morgan fingerprint density at radius 1 is 1.00 bits per heavy atom. The topological polar surface area (TPSA) is 129 Å². The summed E-state index contributed by atoms with van der Waals surface area (Å²) in [6.45, 7) is 3.14. The second-order valence-electron chi connectivity index (χ2n) is 8.90. The lowest BCUT2D eigenvalue weighted by Crippen LogP contribution is -2.41. The maximum absolute atomic E-state index is 12.6. The molecule has 9 nitrogen and oxygen atoms in total. The van der Waals surface area contributed by atoms with E-state index in [2.05, 4.69) is 15.5 Å². The van der Waals surface area contributed by atoms with Crippen LogP contribution >= 0.6 is 0 Å². The van der Waals surface area contributed by atoms with Gasteiger partial charge >= 0.3 is 0 Å². The Hall–Kier alpha value is -4.60. The van der Waals surface area contributed by atoms with Crippen LogP contribution in [0.2, 0.25) is 0 Å². The Kier molecular flexibility index (Phi) is 7.67. The third-order valence-corrected chi connectivity index (χ3v) is 6.29. The number of carbonyl (C=O) groups is 1. The van der Waals surface area contributed by atoms with Crippen LogP contribution < -0.4 is 16.4 Å². The first-order valence-corrected chi connectivity index (χ1v) is 12.4. The van der Waals surface area contributed by atoms with Crippen LogP contribution in [0.5, 0.6) is 0 Å². The van der Waals surface area contributed by atoms with Gasteiger partial charge in [-0.25, -0.2) is 9.97 Å². The van der Waals surface area contributed by atoms with Gasteiger partial charge in [0, 0.05) is 53.4 Å². The summed E-state index contributed by atoms with van der Waals surface area (Å²) >= 11 is 0. The maximum Gasteiger partial charge on any atom is 0.238 e. The third-order valence-electron chi connectivity index (χ3n) is 6.29. The molecule has 1 fully saturated rings. The van der Waals surface area contributed by atoms with E-state index in [1.165, 1.54) is 12.4 Å². The van der Waals surface area contributed by atoms with Crippen molar-refractivity contribution in [3.05, 3.63) is 84.6 Å². The van der Waals surface area contributed by atoms with E-state index in [1.807, 2.05) is 72.8 Å². The predicted molar refractivity (Wildman–Crippen MR) is 152 cm³/mol. The minimum atomic E-state index is -0.0649. The minimum absolute atomic E-state index is 0.0649. The fourth-order valence-electron chi connectivity index (χ4n) is 4.31. The van der Waals surface area contributed by atoms with E-state index in [0.717, 1.165) is 40.8 Å². The Morgan fingerprint density at radius 3 is 2.55 bits per heavy atom. The summed E-state index contributed by atoms with van der Waals surface area (Å²) in [6.07, 6.45) is 2.64. The molecule has 0 atom stereocenters. The maximum atomic E-state index is 12.6. The Morgan fingerprint density at radius 2 is 1.79 bits per heavy atom. The molecule has 1 saturated heterocycles. The number of anilines is 3. The number of allylic oxidation sites excluding steroid dienone is 1. The van der Waals surface area contributed by atoms with Crippen molar-refractivity contribution < 1.29 is 9.53 Å². The second kappa shape index (κ2) is 11.6. The number of rotatable bonds is 8. The molecule has 1 aliphatic rings. The van der Waals surface area contributed by atoms with Gasteiger partial charge in [0.05, 0.1) is 25.3 Å². The average Bonchev–Trinajstić information content (AvgIpc) is 2.95. The fraction of sp³-hybridized carbons (Fsp3) is 0.172. The zero-order valence-corrected chi connectivity index (χ0v) is 20.9. The molecular weight excluding hydrogens is 478 g/mol. The molecule has 2 heterocycles. The highest BCUT2D eigenvalue weighted by Crippen LogP contribution is 2.29. The predicted octanol–water partition coefficient (Wildman–Crippen LogP) is 4.26. The summed E-state index contributed by atoms with van der Waals surface area (Å²) in [5.41, 5.74) is 10.2. The van der Waals surface area contributed by atoms with Gasteiger partial charge in [-0.05, 0) is 42.0 Å². The lowest BCUT2D eigenvalue weighted by atomic mass is 10.1. The van der Waals surface area contributed by atoms with Gasteiger partial charge in [0.15, 0.2) is 5.82 Å². The number of nitrogens with two attached hydrogens (primary N) is 1. The number of hydrogen-bond acceptors (Lipinski definition) is 8. The first kappa shape index (κ1) is 25.1. The van der Waals surface area contributed by atoms with E-state index in [-0.39, 0.29) is 5.91 Å². The summed E-state index contributed by atoms with van der Waals surface area (Å²) in [4.78, 5) is 24.3. The molecule has 5 N–H and O–H groups in total. The molecule has 192 valence electrons. The summed E-state index contributed by atoms with van der Waals surface area (Å²) in [6, 6.07) is 23.0. The van der Waals surface area contributed by atoms with Gasteiger partial charge in [-0.15, -0.1) is 0 Å². The average molecular weight is 508 g/mol. The molecule has 1 amide bonds. The molecular formula is C29H29N7O2.